The number of rotatable bonds is 2. The molecule has 2 heterocycles. The molecule has 150 valence electrons. The van der Waals surface area contributed by atoms with Crippen LogP contribution in [0.3, 0.4) is 0 Å². The lowest BCUT2D eigenvalue weighted by atomic mass is 9.95. The molecule has 0 spiro atoms. The van der Waals surface area contributed by atoms with Crippen LogP contribution in [0.1, 0.15) is 27.5 Å². The van der Waals surface area contributed by atoms with E-state index in [2.05, 4.69) is 5.32 Å². The number of ether oxygens (including phenoxy) is 2. The quantitative estimate of drug-likeness (QED) is 0.673. The van der Waals surface area contributed by atoms with Crippen molar-refractivity contribution >= 4 is 29.1 Å². The van der Waals surface area contributed by atoms with Gasteiger partial charge in [-0.2, -0.15) is 0 Å². The molecule has 3 aromatic rings. The largest absolute Gasteiger partial charge is 0.454 e. The van der Waals surface area contributed by atoms with Crippen molar-refractivity contribution in [1.29, 1.82) is 0 Å². The topological polar surface area (TPSA) is 67.9 Å². The number of fused-ring (bicyclic) bond motifs is 2. The number of carbonyl (C=O) groups is 2. The smallest absolute Gasteiger partial charge is 0.255 e. The molecule has 2 amide bonds. The first kappa shape index (κ1) is 18.5. The molecule has 2 aliphatic heterocycles. The maximum absolute atomic E-state index is 13.6. The first-order valence-electron chi connectivity index (χ1n) is 9.45. The second-order valence-electron chi connectivity index (χ2n) is 7.09. The van der Waals surface area contributed by atoms with E-state index in [0.29, 0.717) is 27.8 Å². The fourth-order valence-corrected chi connectivity index (χ4v) is 4.03. The number of hydrogen-bond acceptors (Lipinski definition) is 4. The Bertz CT molecular complexity index is 1150. The lowest BCUT2D eigenvalue weighted by Crippen LogP contribution is -2.38. The number of amides is 2. The van der Waals surface area contributed by atoms with Gasteiger partial charge in [-0.25, -0.2) is 0 Å². The molecule has 0 fully saturated rings. The number of nitrogens with zero attached hydrogens (tertiary/aromatic N) is 1. The highest BCUT2D eigenvalue weighted by Crippen LogP contribution is 2.39. The Hall–Kier alpha value is -3.51. The van der Waals surface area contributed by atoms with E-state index in [4.69, 9.17) is 21.1 Å². The van der Waals surface area contributed by atoms with Crippen LogP contribution in [0.15, 0.2) is 66.7 Å². The zero-order valence-electron chi connectivity index (χ0n) is 15.8. The molecule has 0 saturated heterocycles. The molecule has 0 aliphatic carbocycles. The number of carbonyl (C=O) groups excluding carboxylic acids is 2. The average molecular weight is 421 g/mol. The Balaban J connectivity index is 1.63. The number of anilines is 1. The van der Waals surface area contributed by atoms with Gasteiger partial charge in [0.1, 0.15) is 6.54 Å². The third-order valence-corrected chi connectivity index (χ3v) is 5.44. The van der Waals surface area contributed by atoms with E-state index < -0.39 is 6.04 Å². The minimum Gasteiger partial charge on any atom is -0.454 e. The summed E-state index contributed by atoms with van der Waals surface area (Å²) in [7, 11) is 0. The number of hydrogen-bond donors (Lipinski definition) is 1. The van der Waals surface area contributed by atoms with Gasteiger partial charge in [0, 0.05) is 21.8 Å². The third kappa shape index (κ3) is 3.25. The highest BCUT2D eigenvalue weighted by Gasteiger charge is 2.34. The van der Waals surface area contributed by atoms with Crippen molar-refractivity contribution in [3.05, 3.63) is 88.4 Å². The van der Waals surface area contributed by atoms with Crippen molar-refractivity contribution in [2.45, 2.75) is 6.04 Å². The van der Waals surface area contributed by atoms with Gasteiger partial charge >= 0.3 is 0 Å². The molecule has 0 aromatic heterocycles. The predicted octanol–water partition coefficient (Wildman–Crippen LogP) is 4.25. The van der Waals surface area contributed by atoms with Crippen molar-refractivity contribution < 1.29 is 19.1 Å². The Labute approximate surface area is 178 Å². The summed E-state index contributed by atoms with van der Waals surface area (Å²) in [5, 5.41) is 3.39. The SMILES string of the molecule is O=C1CN(C(=O)c2ccc3c(c2)OCO3)C(c2ccccc2)c2ccc(Cl)cc2N1. The Morgan fingerprint density at radius 3 is 2.63 bits per heavy atom. The van der Waals surface area contributed by atoms with Gasteiger partial charge in [0.25, 0.3) is 5.91 Å². The number of halogens is 1. The van der Waals surface area contributed by atoms with Crippen LogP contribution < -0.4 is 14.8 Å². The highest BCUT2D eigenvalue weighted by atomic mass is 35.5. The van der Waals surface area contributed by atoms with Crippen LogP contribution in [0.2, 0.25) is 5.02 Å². The van der Waals surface area contributed by atoms with E-state index in [1.54, 1.807) is 35.2 Å². The lowest BCUT2D eigenvalue weighted by molar-refractivity contribution is -0.117. The predicted molar refractivity (Wildman–Crippen MR) is 112 cm³/mol. The Morgan fingerprint density at radius 1 is 1.00 bits per heavy atom. The first-order valence-corrected chi connectivity index (χ1v) is 9.83. The van der Waals surface area contributed by atoms with Crippen LogP contribution >= 0.6 is 11.6 Å². The van der Waals surface area contributed by atoms with Crippen molar-refractivity contribution in [2.24, 2.45) is 0 Å². The molecule has 1 atom stereocenters. The van der Waals surface area contributed by atoms with E-state index in [-0.39, 0.29) is 25.2 Å². The molecule has 0 saturated carbocycles. The summed E-state index contributed by atoms with van der Waals surface area (Å²) >= 11 is 6.16. The van der Waals surface area contributed by atoms with Crippen LogP contribution in [-0.2, 0) is 4.79 Å². The van der Waals surface area contributed by atoms with Crippen LogP contribution in [0, 0.1) is 0 Å². The van der Waals surface area contributed by atoms with E-state index in [9.17, 15) is 9.59 Å². The van der Waals surface area contributed by atoms with Gasteiger partial charge in [-0.15, -0.1) is 0 Å². The molecule has 1 unspecified atom stereocenters. The zero-order valence-corrected chi connectivity index (χ0v) is 16.6. The molecular weight excluding hydrogens is 404 g/mol. The van der Waals surface area contributed by atoms with Gasteiger partial charge in [0.05, 0.1) is 6.04 Å². The molecule has 2 aliphatic rings. The molecule has 30 heavy (non-hydrogen) atoms. The fraction of sp³-hybridized carbons (Fsp3) is 0.130. The summed E-state index contributed by atoms with van der Waals surface area (Å²) < 4.78 is 10.8. The van der Waals surface area contributed by atoms with Crippen molar-refractivity contribution in [1.82, 2.24) is 4.90 Å². The van der Waals surface area contributed by atoms with Gasteiger partial charge in [-0.1, -0.05) is 48.0 Å². The Morgan fingerprint density at radius 2 is 1.80 bits per heavy atom. The molecule has 0 radical (unpaired) electrons. The first-order chi connectivity index (χ1) is 14.6. The molecular formula is C23H17ClN2O4. The monoisotopic (exact) mass is 420 g/mol. The summed E-state index contributed by atoms with van der Waals surface area (Å²) in [5.41, 5.74) is 2.71. The molecule has 0 bridgehead atoms. The van der Waals surface area contributed by atoms with Crippen molar-refractivity contribution in [3.63, 3.8) is 0 Å². The second-order valence-corrected chi connectivity index (χ2v) is 7.53. The summed E-state index contributed by atoms with van der Waals surface area (Å²) in [6.45, 7) is 0.0268. The van der Waals surface area contributed by atoms with Crippen molar-refractivity contribution in [3.8, 4) is 11.5 Å². The standard InChI is InChI=1S/C23H17ClN2O4/c24-16-7-8-17-18(11-16)25-21(27)12-26(22(17)14-4-2-1-3-5-14)23(28)15-6-9-19-20(10-15)30-13-29-19/h1-11,22H,12-13H2,(H,25,27). The van der Waals surface area contributed by atoms with E-state index in [1.165, 1.54) is 0 Å². The lowest BCUT2D eigenvalue weighted by Gasteiger charge is -2.30. The summed E-state index contributed by atoms with van der Waals surface area (Å²) in [6, 6.07) is 19.5. The van der Waals surface area contributed by atoms with E-state index >= 15 is 0 Å². The minimum atomic E-state index is -0.463. The summed E-state index contributed by atoms with van der Waals surface area (Å²) in [5.74, 6) is 0.550. The van der Waals surface area contributed by atoms with Crippen molar-refractivity contribution in [2.75, 3.05) is 18.7 Å². The van der Waals surface area contributed by atoms with Gasteiger partial charge in [-0.3, -0.25) is 9.59 Å². The summed E-state index contributed by atoms with van der Waals surface area (Å²) in [6.07, 6.45) is 0. The minimum absolute atomic E-state index is 0.0981. The van der Waals surface area contributed by atoms with E-state index in [1.807, 2.05) is 36.4 Å². The van der Waals surface area contributed by atoms with Gasteiger partial charge in [-0.05, 0) is 35.9 Å². The number of benzene rings is 3. The Kier molecular flexibility index (Phi) is 4.56. The fourth-order valence-electron chi connectivity index (χ4n) is 3.86. The van der Waals surface area contributed by atoms with Crippen LogP contribution in [0.5, 0.6) is 11.5 Å². The maximum Gasteiger partial charge on any atom is 0.255 e. The maximum atomic E-state index is 13.6. The highest BCUT2D eigenvalue weighted by molar-refractivity contribution is 6.31. The second kappa shape index (κ2) is 7.39. The average Bonchev–Trinajstić information content (AvgIpc) is 3.17. The molecule has 3 aromatic carbocycles. The molecule has 1 N–H and O–H groups in total. The normalized spacial score (nSPS) is 17.2. The summed E-state index contributed by atoms with van der Waals surface area (Å²) in [4.78, 5) is 27.8. The van der Waals surface area contributed by atoms with Gasteiger partial charge in [0.2, 0.25) is 12.7 Å². The molecule has 6 nitrogen and oxygen atoms in total. The van der Waals surface area contributed by atoms with Crippen LogP contribution in [0.25, 0.3) is 0 Å². The van der Waals surface area contributed by atoms with Gasteiger partial charge < -0.3 is 19.7 Å². The molecule has 7 heteroatoms. The number of nitrogens with one attached hydrogen (secondary N) is 1. The van der Waals surface area contributed by atoms with Crippen LogP contribution in [0.4, 0.5) is 5.69 Å². The van der Waals surface area contributed by atoms with Crippen LogP contribution in [-0.4, -0.2) is 30.1 Å². The van der Waals surface area contributed by atoms with Gasteiger partial charge in [0.15, 0.2) is 11.5 Å². The van der Waals surface area contributed by atoms with E-state index in [0.717, 1.165) is 11.1 Å². The third-order valence-electron chi connectivity index (χ3n) is 5.21. The zero-order chi connectivity index (χ0) is 20.7. The molecule has 5 rings (SSSR count).